The summed E-state index contributed by atoms with van der Waals surface area (Å²) in [6.45, 7) is 4.30. The van der Waals surface area contributed by atoms with Crippen LogP contribution in [-0.4, -0.2) is 16.5 Å². The second-order valence-electron chi connectivity index (χ2n) is 1.84. The molecule has 0 bridgehead atoms. The van der Waals surface area contributed by atoms with Gasteiger partial charge in [0.25, 0.3) is 0 Å². The van der Waals surface area contributed by atoms with E-state index in [-0.39, 0.29) is 6.61 Å². The molecule has 0 fully saturated rings. The first kappa shape index (κ1) is 7.44. The van der Waals surface area contributed by atoms with Gasteiger partial charge in [-0.15, -0.1) is 0 Å². The van der Waals surface area contributed by atoms with E-state index in [4.69, 9.17) is 5.11 Å². The molecule has 0 spiro atoms. The lowest BCUT2D eigenvalue weighted by Gasteiger charge is -2.07. The number of alkyl halides is 1. The Morgan fingerprint density at radius 1 is 1.57 bits per heavy atom. The molecule has 0 amide bonds. The summed E-state index contributed by atoms with van der Waals surface area (Å²) in [6.07, 6.45) is 0. The fourth-order valence-electron chi connectivity index (χ4n) is 0.145. The van der Waals surface area contributed by atoms with Gasteiger partial charge in [0, 0.05) is 11.4 Å². The normalized spacial score (nSPS) is 18.9. The lowest BCUT2D eigenvalue weighted by Crippen LogP contribution is -2.10. The van der Waals surface area contributed by atoms with Crippen molar-refractivity contribution in [3.63, 3.8) is 0 Å². The van der Waals surface area contributed by atoms with Crippen LogP contribution < -0.4 is 0 Å². The molecule has 1 N–H and O–H groups in total. The van der Waals surface area contributed by atoms with E-state index in [0.717, 1.165) is 0 Å². The fourth-order valence-corrected chi connectivity index (χ4v) is 0.312. The minimum atomic E-state index is 0.270. The second-order valence-corrected chi connectivity index (χ2v) is 3.28. The first-order valence-corrected chi connectivity index (χ1v) is 3.35. The number of hydrogen-bond acceptors (Lipinski definition) is 1. The van der Waals surface area contributed by atoms with Crippen LogP contribution in [-0.2, 0) is 0 Å². The van der Waals surface area contributed by atoms with E-state index in [1.54, 1.807) is 0 Å². The molecule has 0 aliphatic heterocycles. The van der Waals surface area contributed by atoms with Gasteiger partial charge in [0.1, 0.15) is 0 Å². The van der Waals surface area contributed by atoms with E-state index in [1.807, 2.05) is 13.8 Å². The minimum absolute atomic E-state index is 0.270. The molecule has 44 valence electrons. The summed E-state index contributed by atoms with van der Waals surface area (Å²) in [5.74, 6) is 0.375. The van der Waals surface area contributed by atoms with Gasteiger partial charge in [0.2, 0.25) is 0 Å². The molecule has 2 atom stereocenters. The third kappa shape index (κ3) is 3.06. The predicted molar refractivity (Wildman–Crippen MR) is 34.6 cm³/mol. The van der Waals surface area contributed by atoms with Gasteiger partial charge in [-0.3, -0.25) is 0 Å². The standard InChI is InChI=1S/C5H11BrO/c1-4(3-7)5(2)6/h4-5,7H,3H2,1-2H3. The zero-order chi connectivity index (χ0) is 5.86. The van der Waals surface area contributed by atoms with Crippen LogP contribution >= 0.6 is 15.9 Å². The zero-order valence-electron chi connectivity index (χ0n) is 4.69. The van der Waals surface area contributed by atoms with Crippen LogP contribution in [0.1, 0.15) is 13.8 Å². The molecule has 0 saturated carbocycles. The summed E-state index contributed by atoms with van der Waals surface area (Å²) in [6, 6.07) is 0. The second kappa shape index (κ2) is 3.44. The lowest BCUT2D eigenvalue weighted by molar-refractivity contribution is 0.238. The Kier molecular flexibility index (Phi) is 3.66. The Hall–Kier alpha value is 0.440. The van der Waals surface area contributed by atoms with E-state index in [1.165, 1.54) is 0 Å². The van der Waals surface area contributed by atoms with E-state index in [2.05, 4.69) is 15.9 Å². The van der Waals surface area contributed by atoms with Gasteiger partial charge in [0.15, 0.2) is 0 Å². The van der Waals surface area contributed by atoms with Gasteiger partial charge in [-0.2, -0.15) is 0 Å². The summed E-state index contributed by atoms with van der Waals surface area (Å²) in [5.41, 5.74) is 0. The maximum Gasteiger partial charge on any atom is 0.0467 e. The van der Waals surface area contributed by atoms with Gasteiger partial charge in [0.05, 0.1) is 0 Å². The number of hydrogen-bond donors (Lipinski definition) is 1. The zero-order valence-corrected chi connectivity index (χ0v) is 6.27. The molecule has 0 radical (unpaired) electrons. The molecule has 0 aromatic heterocycles. The summed E-state index contributed by atoms with van der Waals surface area (Å²) < 4.78 is 0. The summed E-state index contributed by atoms with van der Waals surface area (Å²) in [5, 5.41) is 8.48. The molecule has 0 aromatic carbocycles. The molecule has 0 heterocycles. The third-order valence-electron chi connectivity index (χ3n) is 1.07. The van der Waals surface area contributed by atoms with Crippen molar-refractivity contribution in [1.82, 2.24) is 0 Å². The summed E-state index contributed by atoms with van der Waals surface area (Å²) in [7, 11) is 0. The molecule has 0 aromatic rings. The Morgan fingerprint density at radius 2 is 2.00 bits per heavy atom. The molecule has 0 aliphatic carbocycles. The highest BCUT2D eigenvalue weighted by Crippen LogP contribution is 2.09. The van der Waals surface area contributed by atoms with Crippen LogP contribution in [0.15, 0.2) is 0 Å². The predicted octanol–water partition coefficient (Wildman–Crippen LogP) is 1.40. The van der Waals surface area contributed by atoms with Crippen molar-refractivity contribution in [3.8, 4) is 0 Å². The van der Waals surface area contributed by atoms with Crippen LogP contribution in [0.4, 0.5) is 0 Å². The highest BCUT2D eigenvalue weighted by atomic mass is 79.9. The van der Waals surface area contributed by atoms with Crippen molar-refractivity contribution in [1.29, 1.82) is 0 Å². The van der Waals surface area contributed by atoms with Crippen molar-refractivity contribution < 1.29 is 5.11 Å². The fraction of sp³-hybridized carbons (Fsp3) is 1.00. The van der Waals surface area contributed by atoms with E-state index in [9.17, 15) is 0 Å². The molecular weight excluding hydrogens is 156 g/mol. The molecule has 0 aliphatic rings. The van der Waals surface area contributed by atoms with E-state index < -0.39 is 0 Å². The number of aliphatic hydroxyl groups is 1. The lowest BCUT2D eigenvalue weighted by atomic mass is 10.1. The Balaban J connectivity index is 3.14. The van der Waals surface area contributed by atoms with Gasteiger partial charge in [-0.25, -0.2) is 0 Å². The number of aliphatic hydroxyl groups excluding tert-OH is 1. The van der Waals surface area contributed by atoms with Crippen LogP contribution in [0.25, 0.3) is 0 Å². The van der Waals surface area contributed by atoms with Gasteiger partial charge < -0.3 is 5.11 Å². The molecule has 0 rings (SSSR count). The average molecular weight is 167 g/mol. The highest BCUT2D eigenvalue weighted by Gasteiger charge is 2.04. The SMILES string of the molecule is CC(Br)C(C)CO. The first-order chi connectivity index (χ1) is 3.18. The molecule has 2 heteroatoms. The van der Waals surface area contributed by atoms with Crippen molar-refractivity contribution in [2.45, 2.75) is 18.7 Å². The van der Waals surface area contributed by atoms with Gasteiger partial charge in [-0.1, -0.05) is 29.8 Å². The number of rotatable bonds is 2. The topological polar surface area (TPSA) is 20.2 Å². The van der Waals surface area contributed by atoms with E-state index in [0.29, 0.717) is 10.7 Å². The maximum absolute atomic E-state index is 8.48. The quantitative estimate of drug-likeness (QED) is 0.616. The molecule has 0 saturated heterocycles. The summed E-state index contributed by atoms with van der Waals surface area (Å²) in [4.78, 5) is 0.428. The molecule has 7 heavy (non-hydrogen) atoms. The smallest absolute Gasteiger partial charge is 0.0467 e. The summed E-state index contributed by atoms with van der Waals surface area (Å²) >= 11 is 3.34. The van der Waals surface area contributed by atoms with Crippen molar-refractivity contribution in [3.05, 3.63) is 0 Å². The van der Waals surface area contributed by atoms with Crippen molar-refractivity contribution in [2.24, 2.45) is 5.92 Å². The molecular formula is C5H11BrO. The monoisotopic (exact) mass is 166 g/mol. The minimum Gasteiger partial charge on any atom is -0.396 e. The largest absolute Gasteiger partial charge is 0.396 e. The molecule has 1 nitrogen and oxygen atoms in total. The Morgan fingerprint density at radius 3 is 2.00 bits per heavy atom. The van der Waals surface area contributed by atoms with Gasteiger partial charge >= 0.3 is 0 Å². The average Bonchev–Trinajstić information content (AvgIpc) is 1.65. The molecule has 2 unspecified atom stereocenters. The van der Waals surface area contributed by atoms with Crippen LogP contribution in [0.3, 0.4) is 0 Å². The first-order valence-electron chi connectivity index (χ1n) is 2.43. The van der Waals surface area contributed by atoms with Gasteiger partial charge in [-0.05, 0) is 5.92 Å². The van der Waals surface area contributed by atoms with Crippen LogP contribution in [0, 0.1) is 5.92 Å². The third-order valence-corrected chi connectivity index (χ3v) is 1.97. The van der Waals surface area contributed by atoms with Crippen LogP contribution in [0.5, 0.6) is 0 Å². The maximum atomic E-state index is 8.48. The number of halogens is 1. The van der Waals surface area contributed by atoms with Crippen molar-refractivity contribution >= 4 is 15.9 Å². The van der Waals surface area contributed by atoms with Crippen LogP contribution in [0.2, 0.25) is 0 Å². The van der Waals surface area contributed by atoms with E-state index >= 15 is 0 Å². The van der Waals surface area contributed by atoms with Crippen molar-refractivity contribution in [2.75, 3.05) is 6.61 Å². The Labute approximate surface area is 52.9 Å². The highest BCUT2D eigenvalue weighted by molar-refractivity contribution is 9.09. The Bertz CT molecular complexity index is 45.3.